The maximum atomic E-state index is 14.5. The number of amides is 2. The molecule has 0 spiro atoms. The summed E-state index contributed by atoms with van der Waals surface area (Å²) in [5.74, 6) is 2.12. The van der Waals surface area contributed by atoms with E-state index in [1.54, 1.807) is 37.3 Å². The van der Waals surface area contributed by atoms with Crippen LogP contribution in [0.15, 0.2) is 36.8 Å². The minimum Gasteiger partial charge on any atom is -0.342 e. The Morgan fingerprint density at radius 3 is 2.48 bits per heavy atom. The van der Waals surface area contributed by atoms with Crippen molar-refractivity contribution in [2.24, 2.45) is 23.7 Å². The van der Waals surface area contributed by atoms with Crippen LogP contribution in [0.5, 0.6) is 0 Å². The number of carbonyl (C=O) groups excluding carboxylic acids is 2. The largest absolute Gasteiger partial charge is 0.342 e. The minimum absolute atomic E-state index is 0.0233. The summed E-state index contributed by atoms with van der Waals surface area (Å²) in [4.78, 5) is 38.9. The predicted octanol–water partition coefficient (Wildman–Crippen LogP) is 6.13. The first-order valence-corrected chi connectivity index (χ1v) is 18.3. The second-order valence-electron chi connectivity index (χ2n) is 15.3. The van der Waals surface area contributed by atoms with E-state index in [9.17, 15) is 14.0 Å². The number of benzene rings is 1. The summed E-state index contributed by atoms with van der Waals surface area (Å²) in [5.41, 5.74) is 2.92. The second-order valence-corrected chi connectivity index (χ2v) is 15.7. The summed E-state index contributed by atoms with van der Waals surface area (Å²) in [7, 11) is 1.75. The number of nitrogens with zero attached hydrogens (tertiary/aromatic N) is 6. The molecule has 7 rings (SSSR count). The van der Waals surface area contributed by atoms with Gasteiger partial charge in [0.15, 0.2) is 0 Å². The average Bonchev–Trinajstić information content (AvgIpc) is 3.82. The topological polar surface area (TPSA) is 64.9 Å². The van der Waals surface area contributed by atoms with Crippen LogP contribution in [0.2, 0.25) is 5.02 Å². The van der Waals surface area contributed by atoms with E-state index in [4.69, 9.17) is 11.6 Å². The SMILES string of the molecule is CC[C@@H](C1CC(N2C[C@H]3CN(C(C)=O)C[C@@H]3C2)C1)N1CC[C@H](Cc2cn(-c3ccc(F)cc3C(=O)N(C)C(C)C)c3cncc(Cl)c23)C1. The van der Waals surface area contributed by atoms with Crippen LogP contribution in [0.3, 0.4) is 0 Å². The number of halogens is 2. The summed E-state index contributed by atoms with van der Waals surface area (Å²) in [6.45, 7) is 14.3. The quantitative estimate of drug-likeness (QED) is 0.273. The Hall–Kier alpha value is -3.01. The fourth-order valence-corrected chi connectivity index (χ4v) is 9.52. The molecule has 1 aromatic carbocycles. The van der Waals surface area contributed by atoms with Crippen LogP contribution in [0.25, 0.3) is 16.6 Å². The highest BCUT2D eigenvalue weighted by molar-refractivity contribution is 6.35. The Labute approximate surface area is 289 Å². The van der Waals surface area contributed by atoms with Gasteiger partial charge in [-0.3, -0.25) is 24.4 Å². The van der Waals surface area contributed by atoms with Gasteiger partial charge < -0.3 is 14.4 Å². The molecule has 10 heteroatoms. The smallest absolute Gasteiger partial charge is 0.256 e. The molecule has 8 nitrogen and oxygen atoms in total. The first-order chi connectivity index (χ1) is 23.0. The van der Waals surface area contributed by atoms with Gasteiger partial charge in [-0.25, -0.2) is 4.39 Å². The van der Waals surface area contributed by atoms with E-state index < -0.39 is 5.82 Å². The van der Waals surface area contributed by atoms with Gasteiger partial charge in [0.2, 0.25) is 5.91 Å². The maximum absolute atomic E-state index is 14.5. The Bertz CT molecular complexity index is 1670. The monoisotopic (exact) mass is 676 g/mol. The third-order valence-electron chi connectivity index (χ3n) is 12.2. The van der Waals surface area contributed by atoms with Gasteiger partial charge in [-0.05, 0) is 99.9 Å². The van der Waals surface area contributed by atoms with E-state index in [2.05, 4.69) is 27.9 Å². The molecule has 0 N–H and O–H groups in total. The van der Waals surface area contributed by atoms with E-state index in [1.807, 2.05) is 23.3 Å². The molecule has 0 radical (unpaired) electrons. The normalized spacial score (nSPS) is 26.8. The number of fused-ring (bicyclic) bond motifs is 2. The Balaban J connectivity index is 1.04. The summed E-state index contributed by atoms with van der Waals surface area (Å²) in [6.07, 6.45) is 11.4. The standard InChI is InChI=1S/C38H50ClFN6O2/c1-6-34(26-12-31(13-26)45-20-28-18-44(24(4)47)19-29(28)21-45)43-10-9-25(17-43)11-27-22-46(36-16-41-15-33(39)37(27)36)35-8-7-30(40)14-32(35)38(48)42(5)23(2)3/h7-8,14-16,22-23,25-26,28-29,31,34H,6,9-13,17-21H2,1-5H3/t25-,26?,28-,29-,31?,34+/m1/s1. The lowest BCUT2D eigenvalue weighted by atomic mass is 9.73. The van der Waals surface area contributed by atoms with E-state index in [-0.39, 0.29) is 17.9 Å². The number of hydrogen-bond donors (Lipinski definition) is 0. The molecule has 1 saturated carbocycles. The molecule has 3 aromatic rings. The highest BCUT2D eigenvalue weighted by Crippen LogP contribution is 2.43. The average molecular weight is 677 g/mol. The van der Waals surface area contributed by atoms with Crippen molar-refractivity contribution in [2.45, 2.75) is 77.9 Å². The molecular formula is C38H50ClFN6O2. The van der Waals surface area contributed by atoms with Crippen LogP contribution >= 0.6 is 11.6 Å². The molecule has 3 aliphatic heterocycles. The third-order valence-corrected chi connectivity index (χ3v) is 12.5. The van der Waals surface area contributed by atoms with E-state index in [0.717, 1.165) is 74.5 Å². The van der Waals surface area contributed by atoms with Gasteiger partial charge in [0, 0.05) is 82.6 Å². The lowest BCUT2D eigenvalue weighted by molar-refractivity contribution is -0.128. The zero-order chi connectivity index (χ0) is 33.9. The molecule has 5 heterocycles. The molecule has 0 bridgehead atoms. The fourth-order valence-electron chi connectivity index (χ4n) is 9.24. The third kappa shape index (κ3) is 6.15. The Morgan fingerprint density at radius 1 is 1.08 bits per heavy atom. The molecule has 2 amide bonds. The fraction of sp³-hybridized carbons (Fsp3) is 0.605. The van der Waals surface area contributed by atoms with Gasteiger partial charge in [0.25, 0.3) is 5.91 Å². The van der Waals surface area contributed by atoms with Crippen molar-refractivity contribution in [1.82, 2.24) is 29.2 Å². The summed E-state index contributed by atoms with van der Waals surface area (Å²) < 4.78 is 16.5. The van der Waals surface area contributed by atoms with Crippen LogP contribution < -0.4 is 0 Å². The lowest BCUT2D eigenvalue weighted by Gasteiger charge is -2.47. The number of likely N-dealkylation sites (tertiary alicyclic amines) is 3. The molecule has 4 fully saturated rings. The molecule has 2 aromatic heterocycles. The molecule has 4 atom stereocenters. The van der Waals surface area contributed by atoms with Crippen molar-refractivity contribution < 1.29 is 14.0 Å². The number of hydrogen-bond acceptors (Lipinski definition) is 5. The van der Waals surface area contributed by atoms with Gasteiger partial charge >= 0.3 is 0 Å². The summed E-state index contributed by atoms with van der Waals surface area (Å²) in [5, 5.41) is 1.55. The summed E-state index contributed by atoms with van der Waals surface area (Å²) >= 11 is 6.81. The van der Waals surface area contributed by atoms with Gasteiger partial charge in [0.1, 0.15) is 5.82 Å². The van der Waals surface area contributed by atoms with Crippen molar-refractivity contribution in [2.75, 3.05) is 46.3 Å². The number of aromatic nitrogens is 2. The molecule has 258 valence electrons. The number of carbonyl (C=O) groups is 2. The molecule has 4 aliphatic rings. The van der Waals surface area contributed by atoms with Gasteiger partial charge in [-0.1, -0.05) is 18.5 Å². The van der Waals surface area contributed by atoms with Gasteiger partial charge in [0.05, 0.1) is 28.0 Å². The van der Waals surface area contributed by atoms with Gasteiger partial charge in [-0.15, -0.1) is 0 Å². The number of rotatable bonds is 9. The van der Waals surface area contributed by atoms with Crippen molar-refractivity contribution in [3.8, 4) is 5.69 Å². The highest BCUT2D eigenvalue weighted by atomic mass is 35.5. The molecule has 1 aliphatic carbocycles. The lowest BCUT2D eigenvalue weighted by Crippen LogP contribution is -2.52. The van der Waals surface area contributed by atoms with Crippen molar-refractivity contribution >= 4 is 34.3 Å². The van der Waals surface area contributed by atoms with Crippen molar-refractivity contribution in [3.63, 3.8) is 0 Å². The van der Waals surface area contributed by atoms with E-state index >= 15 is 0 Å². The van der Waals surface area contributed by atoms with Crippen LogP contribution in [-0.4, -0.2) is 105 Å². The van der Waals surface area contributed by atoms with E-state index in [1.165, 1.54) is 31.4 Å². The van der Waals surface area contributed by atoms with Crippen molar-refractivity contribution in [1.29, 1.82) is 0 Å². The number of pyridine rings is 1. The summed E-state index contributed by atoms with van der Waals surface area (Å²) in [6, 6.07) is 5.72. The van der Waals surface area contributed by atoms with Crippen molar-refractivity contribution in [3.05, 3.63) is 58.8 Å². The Kier molecular flexibility index (Phi) is 9.32. The second kappa shape index (κ2) is 13.4. The van der Waals surface area contributed by atoms with Crippen LogP contribution in [0, 0.1) is 29.5 Å². The zero-order valence-electron chi connectivity index (χ0n) is 29.0. The molecule has 3 saturated heterocycles. The van der Waals surface area contributed by atoms with Crippen LogP contribution in [0.4, 0.5) is 4.39 Å². The first kappa shape index (κ1) is 33.5. The Morgan fingerprint density at radius 2 is 1.81 bits per heavy atom. The predicted molar refractivity (Wildman–Crippen MR) is 188 cm³/mol. The highest BCUT2D eigenvalue weighted by Gasteiger charge is 2.47. The van der Waals surface area contributed by atoms with Crippen LogP contribution in [0.1, 0.15) is 69.3 Å². The van der Waals surface area contributed by atoms with Gasteiger partial charge in [-0.2, -0.15) is 0 Å². The van der Waals surface area contributed by atoms with E-state index in [0.29, 0.717) is 46.1 Å². The maximum Gasteiger partial charge on any atom is 0.256 e. The molecule has 48 heavy (non-hydrogen) atoms. The molecule has 0 unspecified atom stereocenters. The minimum atomic E-state index is -0.439. The first-order valence-electron chi connectivity index (χ1n) is 18.0. The zero-order valence-corrected chi connectivity index (χ0v) is 29.8. The molecular weight excluding hydrogens is 627 g/mol. The van der Waals surface area contributed by atoms with Crippen LogP contribution in [-0.2, 0) is 11.2 Å².